The molecule has 2 aliphatic carbocycles. The van der Waals surface area contributed by atoms with Gasteiger partial charge in [-0.05, 0) is 73.1 Å². The van der Waals surface area contributed by atoms with Crippen LogP contribution in [-0.4, -0.2) is 22.0 Å². The maximum atomic E-state index is 13.8. The van der Waals surface area contributed by atoms with Gasteiger partial charge in [0.25, 0.3) is 0 Å². The Kier molecular flexibility index (Phi) is 5.62. The topological polar surface area (TPSA) is 79.4 Å². The smallest absolute Gasteiger partial charge is 0.416 e. The molecule has 5 nitrogen and oxygen atoms in total. The van der Waals surface area contributed by atoms with E-state index >= 15 is 0 Å². The summed E-state index contributed by atoms with van der Waals surface area (Å²) in [6.07, 6.45) is 0.194. The van der Waals surface area contributed by atoms with Crippen molar-refractivity contribution in [2.75, 3.05) is 0 Å². The standard InChI is InChI=1S/C26H24F3NO4/c27-26(28,29)21-11-16(6-8-18(21)14-3-1-2-4-14)25(33)34-17-7-10-22-20(13-17)19-9-5-15(12-23(31)32)24(19)30-22/h6-8,10-11,13-15,30H,1-5,9,12H2,(H,31,32)/t15-/m1/s1. The highest BCUT2D eigenvalue weighted by Crippen LogP contribution is 2.43. The van der Waals surface area contributed by atoms with Crippen LogP contribution in [0, 0.1) is 0 Å². The van der Waals surface area contributed by atoms with Crippen molar-refractivity contribution in [2.24, 2.45) is 0 Å². The van der Waals surface area contributed by atoms with Crippen LogP contribution in [0.1, 0.15) is 83.1 Å². The molecule has 178 valence electrons. The Morgan fingerprint density at radius 1 is 1.06 bits per heavy atom. The van der Waals surface area contributed by atoms with Crippen molar-refractivity contribution in [1.29, 1.82) is 0 Å². The van der Waals surface area contributed by atoms with Gasteiger partial charge in [0.1, 0.15) is 5.75 Å². The van der Waals surface area contributed by atoms with E-state index in [1.807, 2.05) is 0 Å². The van der Waals surface area contributed by atoms with Crippen LogP contribution in [0.3, 0.4) is 0 Å². The summed E-state index contributed by atoms with van der Waals surface area (Å²) in [7, 11) is 0. The molecule has 5 rings (SSSR count). The van der Waals surface area contributed by atoms with E-state index in [4.69, 9.17) is 9.84 Å². The summed E-state index contributed by atoms with van der Waals surface area (Å²) >= 11 is 0. The lowest BCUT2D eigenvalue weighted by molar-refractivity contribution is -0.139. The van der Waals surface area contributed by atoms with Crippen molar-refractivity contribution in [3.05, 3.63) is 64.3 Å². The van der Waals surface area contributed by atoms with Crippen LogP contribution >= 0.6 is 0 Å². The van der Waals surface area contributed by atoms with Gasteiger partial charge in [-0.2, -0.15) is 13.2 Å². The molecule has 0 bridgehead atoms. The molecule has 1 fully saturated rings. The maximum Gasteiger partial charge on any atom is 0.416 e. The highest BCUT2D eigenvalue weighted by atomic mass is 19.4. The van der Waals surface area contributed by atoms with Crippen LogP contribution in [0.4, 0.5) is 13.2 Å². The first-order valence-corrected chi connectivity index (χ1v) is 11.5. The number of halogens is 3. The SMILES string of the molecule is O=C(O)C[C@H]1CCc2c1[nH]c1ccc(OC(=O)c3ccc(C4CCCC4)c(C(F)(F)F)c3)cc21. The van der Waals surface area contributed by atoms with E-state index in [0.717, 1.165) is 60.3 Å². The number of esters is 1. The molecule has 1 aromatic heterocycles. The zero-order valence-electron chi connectivity index (χ0n) is 18.4. The Morgan fingerprint density at radius 3 is 2.53 bits per heavy atom. The van der Waals surface area contributed by atoms with Gasteiger partial charge in [-0.1, -0.05) is 18.9 Å². The lowest BCUT2D eigenvalue weighted by atomic mass is 9.91. The first-order valence-electron chi connectivity index (χ1n) is 11.5. The Bertz CT molecular complexity index is 1270. The molecule has 0 aliphatic heterocycles. The van der Waals surface area contributed by atoms with Crippen molar-refractivity contribution in [2.45, 2.75) is 63.0 Å². The molecule has 2 aromatic carbocycles. The fourth-order valence-corrected chi connectivity index (χ4v) is 5.49. The Morgan fingerprint density at radius 2 is 1.82 bits per heavy atom. The normalized spacial score (nSPS) is 18.4. The zero-order valence-corrected chi connectivity index (χ0v) is 18.4. The fraction of sp³-hybridized carbons (Fsp3) is 0.385. The van der Waals surface area contributed by atoms with E-state index in [1.165, 1.54) is 12.1 Å². The third kappa shape index (κ3) is 4.17. The molecule has 0 saturated heterocycles. The molecule has 8 heteroatoms. The number of hydrogen-bond acceptors (Lipinski definition) is 3. The molecule has 34 heavy (non-hydrogen) atoms. The quantitative estimate of drug-likeness (QED) is 0.326. The number of aromatic nitrogens is 1. The predicted octanol–water partition coefficient (Wildman–Crippen LogP) is 6.57. The molecule has 2 aliphatic rings. The van der Waals surface area contributed by atoms with Gasteiger partial charge in [0.15, 0.2) is 0 Å². The van der Waals surface area contributed by atoms with Gasteiger partial charge in [0.2, 0.25) is 0 Å². The summed E-state index contributed by atoms with van der Waals surface area (Å²) in [4.78, 5) is 27.1. The number of nitrogens with one attached hydrogen (secondary N) is 1. The zero-order chi connectivity index (χ0) is 24.0. The Balaban J connectivity index is 1.41. The van der Waals surface area contributed by atoms with E-state index in [-0.39, 0.29) is 35.1 Å². The Labute approximate surface area is 193 Å². The molecule has 1 atom stereocenters. The van der Waals surface area contributed by atoms with E-state index in [1.54, 1.807) is 18.2 Å². The summed E-state index contributed by atoms with van der Waals surface area (Å²) in [6.45, 7) is 0. The van der Waals surface area contributed by atoms with Crippen LogP contribution in [0.15, 0.2) is 36.4 Å². The molecule has 0 amide bonds. The number of carbonyl (C=O) groups is 2. The van der Waals surface area contributed by atoms with Crippen LogP contribution in [0.2, 0.25) is 0 Å². The van der Waals surface area contributed by atoms with Crippen molar-refractivity contribution >= 4 is 22.8 Å². The molecule has 3 aromatic rings. The third-order valence-corrected chi connectivity index (χ3v) is 7.08. The highest BCUT2D eigenvalue weighted by molar-refractivity contribution is 5.93. The molecular weight excluding hydrogens is 447 g/mol. The molecule has 0 spiro atoms. The number of ether oxygens (including phenoxy) is 1. The molecule has 0 unspecified atom stereocenters. The second kappa shape index (κ2) is 8.49. The number of aryl methyl sites for hydroxylation is 1. The summed E-state index contributed by atoms with van der Waals surface area (Å²) in [6, 6.07) is 8.73. The molecule has 2 N–H and O–H groups in total. The fourth-order valence-electron chi connectivity index (χ4n) is 5.49. The van der Waals surface area contributed by atoms with E-state index in [9.17, 15) is 22.8 Å². The van der Waals surface area contributed by atoms with Gasteiger partial charge in [0, 0.05) is 22.5 Å². The van der Waals surface area contributed by atoms with E-state index < -0.39 is 23.7 Å². The molecule has 0 radical (unpaired) electrons. The number of fused-ring (bicyclic) bond motifs is 3. The molecular formula is C26H24F3NO4. The number of rotatable bonds is 5. The van der Waals surface area contributed by atoms with Gasteiger partial charge in [-0.25, -0.2) is 4.79 Å². The minimum Gasteiger partial charge on any atom is -0.481 e. The number of hydrogen-bond donors (Lipinski definition) is 2. The van der Waals surface area contributed by atoms with Gasteiger partial charge >= 0.3 is 18.1 Å². The number of aliphatic carboxylic acids is 1. The molecule has 1 saturated carbocycles. The van der Waals surface area contributed by atoms with Gasteiger partial charge in [-0.3, -0.25) is 4.79 Å². The van der Waals surface area contributed by atoms with Crippen LogP contribution < -0.4 is 4.74 Å². The highest BCUT2D eigenvalue weighted by Gasteiger charge is 2.37. The number of H-pyrrole nitrogens is 1. The number of carbonyl (C=O) groups excluding carboxylic acids is 1. The number of carboxylic acid groups (broad SMARTS) is 1. The third-order valence-electron chi connectivity index (χ3n) is 7.08. The number of alkyl halides is 3. The van der Waals surface area contributed by atoms with Crippen LogP contribution in [0.5, 0.6) is 5.75 Å². The van der Waals surface area contributed by atoms with E-state index in [2.05, 4.69) is 4.98 Å². The van der Waals surface area contributed by atoms with Crippen molar-refractivity contribution < 1.29 is 32.6 Å². The monoisotopic (exact) mass is 471 g/mol. The second-order valence-electron chi connectivity index (χ2n) is 9.23. The van der Waals surface area contributed by atoms with Crippen molar-refractivity contribution in [3.8, 4) is 5.75 Å². The van der Waals surface area contributed by atoms with Gasteiger partial charge in [-0.15, -0.1) is 0 Å². The summed E-state index contributed by atoms with van der Waals surface area (Å²) in [5, 5.41) is 9.97. The minimum atomic E-state index is -4.55. The summed E-state index contributed by atoms with van der Waals surface area (Å²) in [5.41, 5.74) is 2.03. The maximum absolute atomic E-state index is 13.8. The lowest BCUT2D eigenvalue weighted by Gasteiger charge is -2.18. The average molecular weight is 471 g/mol. The largest absolute Gasteiger partial charge is 0.481 e. The van der Waals surface area contributed by atoms with Crippen molar-refractivity contribution in [1.82, 2.24) is 4.98 Å². The number of benzene rings is 2. The van der Waals surface area contributed by atoms with Crippen LogP contribution in [-0.2, 0) is 17.4 Å². The number of carboxylic acids is 1. The minimum absolute atomic E-state index is 0.0417. The summed E-state index contributed by atoms with van der Waals surface area (Å²) < 4.78 is 46.7. The summed E-state index contributed by atoms with van der Waals surface area (Å²) in [5.74, 6) is -1.70. The number of aromatic amines is 1. The lowest BCUT2D eigenvalue weighted by Crippen LogP contribution is -2.15. The first-order chi connectivity index (χ1) is 16.2. The molecule has 1 heterocycles. The predicted molar refractivity (Wildman–Crippen MR) is 119 cm³/mol. The first kappa shape index (κ1) is 22.5. The second-order valence-corrected chi connectivity index (χ2v) is 9.23. The van der Waals surface area contributed by atoms with Crippen LogP contribution in [0.25, 0.3) is 10.9 Å². The van der Waals surface area contributed by atoms with Crippen molar-refractivity contribution in [3.63, 3.8) is 0 Å². The van der Waals surface area contributed by atoms with E-state index in [0.29, 0.717) is 6.42 Å². The van der Waals surface area contributed by atoms with Gasteiger partial charge in [0.05, 0.1) is 17.5 Å². The Hall–Kier alpha value is -3.29. The average Bonchev–Trinajstić information content (AvgIpc) is 3.51. The van der Waals surface area contributed by atoms with Gasteiger partial charge < -0.3 is 14.8 Å².